The molecule has 0 bridgehead atoms. The van der Waals surface area contributed by atoms with Gasteiger partial charge in [-0.15, -0.1) is 16.9 Å². The number of benzene rings is 2. The van der Waals surface area contributed by atoms with Gasteiger partial charge < -0.3 is 10.5 Å². The van der Waals surface area contributed by atoms with Crippen molar-refractivity contribution >= 4 is 29.2 Å². The molecule has 180 valence electrons. The fourth-order valence-electron chi connectivity index (χ4n) is 3.11. The molecule has 4 rings (SSSR count). The van der Waals surface area contributed by atoms with E-state index in [0.29, 0.717) is 23.8 Å². The van der Waals surface area contributed by atoms with Crippen LogP contribution in [-0.4, -0.2) is 43.5 Å². The maximum absolute atomic E-state index is 13.0. The van der Waals surface area contributed by atoms with Crippen molar-refractivity contribution in [3.05, 3.63) is 71.0 Å². The average Bonchev–Trinajstić information content (AvgIpc) is 3.48. The molecule has 2 aromatic heterocycles. The SMILES string of the molecule is CCOc1ccc(/C(C)=N/NC(=O)c2nnn(-c3nonc3N)c2CSc2ccc(C)cc2)cc1. The second-order valence-electron chi connectivity index (χ2n) is 7.47. The van der Waals surface area contributed by atoms with Gasteiger partial charge in [-0.25, -0.2) is 10.1 Å². The van der Waals surface area contributed by atoms with Crippen molar-refractivity contribution in [3.63, 3.8) is 0 Å². The summed E-state index contributed by atoms with van der Waals surface area (Å²) >= 11 is 1.51. The van der Waals surface area contributed by atoms with Gasteiger partial charge >= 0.3 is 0 Å². The summed E-state index contributed by atoms with van der Waals surface area (Å²) in [5.41, 5.74) is 11.6. The molecule has 0 saturated heterocycles. The van der Waals surface area contributed by atoms with Crippen LogP contribution in [-0.2, 0) is 5.75 Å². The van der Waals surface area contributed by atoms with E-state index in [9.17, 15) is 4.79 Å². The summed E-state index contributed by atoms with van der Waals surface area (Å²) in [7, 11) is 0. The molecule has 1 amide bonds. The highest BCUT2D eigenvalue weighted by atomic mass is 32.2. The van der Waals surface area contributed by atoms with E-state index in [1.807, 2.05) is 62.4 Å². The van der Waals surface area contributed by atoms with Gasteiger partial charge in [-0.3, -0.25) is 4.79 Å². The van der Waals surface area contributed by atoms with E-state index in [1.165, 1.54) is 16.4 Å². The third kappa shape index (κ3) is 5.66. The van der Waals surface area contributed by atoms with Crippen LogP contribution in [0.3, 0.4) is 0 Å². The van der Waals surface area contributed by atoms with Gasteiger partial charge in [0, 0.05) is 10.6 Å². The molecule has 0 aliphatic heterocycles. The van der Waals surface area contributed by atoms with Crippen LogP contribution in [0.25, 0.3) is 5.82 Å². The van der Waals surface area contributed by atoms with Crippen LogP contribution in [0.15, 0.2) is 63.2 Å². The summed E-state index contributed by atoms with van der Waals surface area (Å²) in [6, 6.07) is 15.5. The van der Waals surface area contributed by atoms with Crippen molar-refractivity contribution in [2.75, 3.05) is 12.3 Å². The molecule has 11 nitrogen and oxygen atoms in total. The highest BCUT2D eigenvalue weighted by Gasteiger charge is 2.24. The Morgan fingerprint density at radius 2 is 1.91 bits per heavy atom. The summed E-state index contributed by atoms with van der Waals surface area (Å²) in [6.07, 6.45) is 0. The van der Waals surface area contributed by atoms with Crippen LogP contribution >= 0.6 is 11.8 Å². The number of aromatic nitrogens is 5. The minimum atomic E-state index is -0.518. The Kier molecular flexibility index (Phi) is 7.41. The Morgan fingerprint density at radius 1 is 1.17 bits per heavy atom. The topological polar surface area (TPSA) is 146 Å². The lowest BCUT2D eigenvalue weighted by Crippen LogP contribution is -2.21. The highest BCUT2D eigenvalue weighted by molar-refractivity contribution is 7.98. The number of nitrogens with one attached hydrogen (secondary N) is 1. The third-order valence-corrected chi connectivity index (χ3v) is 6.00. The van der Waals surface area contributed by atoms with Gasteiger partial charge in [-0.1, -0.05) is 22.9 Å². The first-order valence-electron chi connectivity index (χ1n) is 10.8. The Hall–Kier alpha value is -4.19. The maximum Gasteiger partial charge on any atom is 0.293 e. The van der Waals surface area contributed by atoms with Crippen molar-refractivity contribution in [2.45, 2.75) is 31.4 Å². The lowest BCUT2D eigenvalue weighted by Gasteiger charge is -2.07. The van der Waals surface area contributed by atoms with E-state index >= 15 is 0 Å². The monoisotopic (exact) mass is 492 g/mol. The van der Waals surface area contributed by atoms with Gasteiger partial charge in [-0.05, 0) is 73.0 Å². The Bertz CT molecular complexity index is 1330. The molecule has 0 aliphatic rings. The molecule has 0 atom stereocenters. The van der Waals surface area contributed by atoms with Crippen LogP contribution < -0.4 is 15.9 Å². The van der Waals surface area contributed by atoms with E-state index in [2.05, 4.69) is 31.2 Å². The van der Waals surface area contributed by atoms with E-state index in [0.717, 1.165) is 21.8 Å². The second kappa shape index (κ2) is 10.8. The number of carbonyl (C=O) groups is 1. The predicted octanol–water partition coefficient (Wildman–Crippen LogP) is 3.39. The third-order valence-electron chi connectivity index (χ3n) is 4.98. The molecule has 4 aromatic rings. The molecule has 35 heavy (non-hydrogen) atoms. The van der Waals surface area contributed by atoms with E-state index in [-0.39, 0.29) is 17.3 Å². The molecule has 2 aromatic carbocycles. The molecule has 3 N–H and O–H groups in total. The quantitative estimate of drug-likeness (QED) is 0.204. The molecular weight excluding hydrogens is 468 g/mol. The number of rotatable bonds is 9. The van der Waals surface area contributed by atoms with Gasteiger partial charge in [0.2, 0.25) is 11.6 Å². The largest absolute Gasteiger partial charge is 0.494 e. The summed E-state index contributed by atoms with van der Waals surface area (Å²) in [6.45, 7) is 6.33. The fourth-order valence-corrected chi connectivity index (χ4v) is 4.00. The van der Waals surface area contributed by atoms with Gasteiger partial charge in [-0.2, -0.15) is 9.78 Å². The number of anilines is 1. The number of hydrogen-bond acceptors (Lipinski definition) is 10. The Balaban J connectivity index is 1.56. The first-order chi connectivity index (χ1) is 17.0. The summed E-state index contributed by atoms with van der Waals surface area (Å²) in [5, 5.41) is 19.7. The normalized spacial score (nSPS) is 11.5. The smallest absolute Gasteiger partial charge is 0.293 e. The number of nitrogens with zero attached hydrogens (tertiary/aromatic N) is 6. The van der Waals surface area contributed by atoms with Crippen LogP contribution in [0, 0.1) is 6.92 Å². The van der Waals surface area contributed by atoms with Gasteiger partial charge in [0.25, 0.3) is 5.91 Å². The molecule has 2 heterocycles. The fraction of sp³-hybridized carbons (Fsp3) is 0.217. The number of thioether (sulfide) groups is 1. The zero-order chi connectivity index (χ0) is 24.8. The van der Waals surface area contributed by atoms with Crippen LogP contribution in [0.2, 0.25) is 0 Å². The Labute approximate surface area is 205 Å². The number of hydrazone groups is 1. The number of amides is 1. The zero-order valence-corrected chi connectivity index (χ0v) is 20.2. The molecular formula is C23H24N8O3S. The molecule has 0 radical (unpaired) electrons. The second-order valence-corrected chi connectivity index (χ2v) is 8.52. The van der Waals surface area contributed by atoms with Crippen molar-refractivity contribution < 1.29 is 14.2 Å². The lowest BCUT2D eigenvalue weighted by atomic mass is 10.1. The van der Waals surface area contributed by atoms with Crippen LogP contribution in [0.5, 0.6) is 5.75 Å². The first-order valence-corrected chi connectivity index (χ1v) is 11.7. The summed E-state index contributed by atoms with van der Waals surface area (Å²) in [5.74, 6) is 0.809. The standard InChI is InChI=1S/C23H24N8O3S/c1-4-33-17-9-7-16(8-10-17)15(3)25-27-23(32)20-19(13-35-18-11-5-14(2)6-12-18)31(30-26-20)22-21(24)28-34-29-22/h5-12H,4,13H2,1-3H3,(H2,24,28)(H,27,32)/b25-15+. The highest BCUT2D eigenvalue weighted by Crippen LogP contribution is 2.26. The maximum atomic E-state index is 13.0. The number of aryl methyl sites for hydroxylation is 1. The first kappa shape index (κ1) is 24.0. The van der Waals surface area contributed by atoms with Crippen molar-refractivity contribution in [1.29, 1.82) is 0 Å². The van der Waals surface area contributed by atoms with Crippen molar-refractivity contribution in [3.8, 4) is 11.6 Å². The Morgan fingerprint density at radius 3 is 2.57 bits per heavy atom. The van der Waals surface area contributed by atoms with E-state index < -0.39 is 5.91 Å². The molecule has 0 saturated carbocycles. The molecule has 0 spiro atoms. The van der Waals surface area contributed by atoms with Crippen molar-refractivity contribution in [2.24, 2.45) is 5.10 Å². The van der Waals surface area contributed by atoms with Gasteiger partial charge in [0.1, 0.15) is 5.75 Å². The average molecular weight is 493 g/mol. The van der Waals surface area contributed by atoms with Crippen molar-refractivity contribution in [1.82, 2.24) is 30.7 Å². The molecule has 12 heteroatoms. The molecule has 0 aliphatic carbocycles. The molecule has 0 unspecified atom stereocenters. The van der Waals surface area contributed by atoms with Gasteiger partial charge in [0.05, 0.1) is 18.0 Å². The number of carbonyl (C=O) groups excluding carboxylic acids is 1. The van der Waals surface area contributed by atoms with Crippen LogP contribution in [0.1, 0.15) is 41.2 Å². The zero-order valence-electron chi connectivity index (χ0n) is 19.4. The summed E-state index contributed by atoms with van der Waals surface area (Å²) < 4.78 is 11.5. The number of nitrogens with two attached hydrogens (primary N) is 1. The minimum Gasteiger partial charge on any atom is -0.494 e. The number of hydrogen-bond donors (Lipinski definition) is 2. The summed E-state index contributed by atoms with van der Waals surface area (Å²) in [4.78, 5) is 14.0. The number of ether oxygens (including phenoxy) is 1. The van der Waals surface area contributed by atoms with Crippen LogP contribution in [0.4, 0.5) is 5.82 Å². The van der Waals surface area contributed by atoms with E-state index in [4.69, 9.17) is 15.1 Å². The lowest BCUT2D eigenvalue weighted by molar-refractivity contribution is 0.0949. The number of nitrogen functional groups attached to an aromatic ring is 1. The van der Waals surface area contributed by atoms with Gasteiger partial charge in [0.15, 0.2) is 5.69 Å². The molecule has 0 fully saturated rings. The van der Waals surface area contributed by atoms with E-state index in [1.54, 1.807) is 6.92 Å². The minimum absolute atomic E-state index is 0.0350. The predicted molar refractivity (Wildman–Crippen MR) is 132 cm³/mol.